The lowest BCUT2D eigenvalue weighted by molar-refractivity contribution is 0.0870. The number of hydrogen-bond acceptors (Lipinski definition) is 2. The molecule has 0 aromatic rings. The molecule has 0 fully saturated rings. The summed E-state index contributed by atoms with van der Waals surface area (Å²) in [5, 5.41) is 3.03. The molecule has 33 valence electrons. The normalized spacial score (nSPS) is 18.5. The van der Waals surface area contributed by atoms with Gasteiger partial charge in [0.15, 0.2) is 0 Å². The van der Waals surface area contributed by atoms with E-state index in [2.05, 4.69) is 11.5 Å². The minimum Gasteiger partial charge on any atom is -0.370 e. The molecule has 1 rings (SSSR count). The molecule has 0 spiro atoms. The summed E-state index contributed by atoms with van der Waals surface area (Å²) in [5.41, 5.74) is 0. The van der Waals surface area contributed by atoms with Gasteiger partial charge in [0, 0.05) is 6.20 Å². The lowest BCUT2D eigenvalue weighted by atomic mass is 11.0. The molecule has 0 bridgehead atoms. The van der Waals surface area contributed by atoms with Crippen molar-refractivity contribution in [1.82, 2.24) is 10.4 Å². The van der Waals surface area contributed by atoms with Crippen molar-refractivity contribution in [1.29, 1.82) is 0 Å². The van der Waals surface area contributed by atoms with E-state index in [1.54, 1.807) is 0 Å². The topological polar surface area (TPSA) is 15.3 Å². The highest BCUT2D eigenvalue weighted by molar-refractivity contribution is 4.73. The number of nitrogens with one attached hydrogen (secondary N) is 1. The van der Waals surface area contributed by atoms with E-state index in [0.29, 0.717) is 5.12 Å². The van der Waals surface area contributed by atoms with Gasteiger partial charge in [0.05, 0.1) is 0 Å². The molecule has 0 aliphatic carbocycles. The third-order valence-electron chi connectivity index (χ3n) is 0.537. The van der Waals surface area contributed by atoms with Crippen molar-refractivity contribution < 1.29 is 4.48 Å². The van der Waals surface area contributed by atoms with Gasteiger partial charge in [0.1, 0.15) is 12.9 Å². The molecule has 1 N–H and O–H groups in total. The molecule has 3 heteroatoms. The van der Waals surface area contributed by atoms with Gasteiger partial charge in [0.25, 0.3) is 0 Å². The molecule has 0 aromatic heterocycles. The maximum Gasteiger partial charge on any atom is 0.119 e. The number of nitrogens with zero attached hydrogens (tertiary/aromatic N) is 1. The van der Waals surface area contributed by atoms with Crippen LogP contribution in [0, 0.1) is 6.20 Å². The third-order valence-corrected chi connectivity index (χ3v) is 0.537. The lowest BCUT2D eigenvalue weighted by Gasteiger charge is -1.94. The van der Waals surface area contributed by atoms with Crippen molar-refractivity contribution in [3.63, 3.8) is 0 Å². The Bertz CT molecular complexity index is 71.2. The Morgan fingerprint density at radius 1 is 2.00 bits per heavy atom. The first kappa shape index (κ1) is 3.46. The predicted molar refractivity (Wildman–Crippen MR) is 18.8 cm³/mol. The zero-order valence-corrected chi connectivity index (χ0v) is 3.11. The molecule has 2 nitrogen and oxygen atoms in total. The van der Waals surface area contributed by atoms with Crippen LogP contribution in [0.5, 0.6) is 0 Å². The Morgan fingerprint density at radius 2 is 2.83 bits per heavy atom. The summed E-state index contributed by atoms with van der Waals surface area (Å²) in [7, 11) is 0. The SMILES string of the molecule is FN1[C]=CNC1. The van der Waals surface area contributed by atoms with E-state index in [1.807, 2.05) is 0 Å². The van der Waals surface area contributed by atoms with Crippen LogP contribution in [0.4, 0.5) is 4.48 Å². The van der Waals surface area contributed by atoms with Crippen molar-refractivity contribution in [2.75, 3.05) is 6.67 Å². The van der Waals surface area contributed by atoms with Crippen LogP contribution in [0.2, 0.25) is 0 Å². The van der Waals surface area contributed by atoms with Crippen molar-refractivity contribution in [3.8, 4) is 0 Å². The summed E-state index contributed by atoms with van der Waals surface area (Å²) in [5.74, 6) is 0. The molecule has 1 radical (unpaired) electrons. The molecule has 0 atom stereocenters. The lowest BCUT2D eigenvalue weighted by Crippen LogP contribution is -2.10. The van der Waals surface area contributed by atoms with Crippen molar-refractivity contribution >= 4 is 0 Å². The molecular formula is C3H4FN2. The fourth-order valence-corrected chi connectivity index (χ4v) is 0.287. The van der Waals surface area contributed by atoms with Crippen LogP contribution in [0.15, 0.2) is 6.20 Å². The zero-order chi connectivity index (χ0) is 4.41. The van der Waals surface area contributed by atoms with E-state index in [0.717, 1.165) is 0 Å². The first-order valence-corrected chi connectivity index (χ1v) is 1.64. The molecule has 0 saturated carbocycles. The Balaban J connectivity index is 2.38. The summed E-state index contributed by atoms with van der Waals surface area (Å²) in [6.45, 7) is 0.236. The van der Waals surface area contributed by atoms with Gasteiger partial charge in [0.2, 0.25) is 0 Å². The Morgan fingerprint density at radius 3 is 3.00 bits per heavy atom. The molecule has 1 aliphatic heterocycles. The van der Waals surface area contributed by atoms with E-state index < -0.39 is 0 Å². The maximum atomic E-state index is 11.6. The highest BCUT2D eigenvalue weighted by atomic mass is 19.2. The monoisotopic (exact) mass is 87.0 g/mol. The van der Waals surface area contributed by atoms with Crippen LogP contribution in [-0.4, -0.2) is 11.8 Å². The van der Waals surface area contributed by atoms with Crippen molar-refractivity contribution in [2.24, 2.45) is 0 Å². The fraction of sp³-hybridized carbons (Fsp3) is 0.333. The Labute approximate surface area is 35.2 Å². The van der Waals surface area contributed by atoms with Gasteiger partial charge in [-0.15, -0.1) is 0 Å². The van der Waals surface area contributed by atoms with Gasteiger partial charge in [-0.1, -0.05) is 4.48 Å². The Hall–Kier alpha value is -0.730. The minimum absolute atomic E-state index is 0.236. The standard InChI is InChI=1S/C3H4FN2/c4-6-2-1-5-3-6/h1,5H,3H2. The Kier molecular flexibility index (Phi) is 0.670. The highest BCUT2D eigenvalue weighted by Crippen LogP contribution is 1.89. The predicted octanol–water partition coefficient (Wildman–Crippen LogP) is 0.00799. The van der Waals surface area contributed by atoms with Crippen LogP contribution >= 0.6 is 0 Å². The van der Waals surface area contributed by atoms with Gasteiger partial charge < -0.3 is 5.32 Å². The summed E-state index contributed by atoms with van der Waals surface area (Å²) < 4.78 is 11.6. The van der Waals surface area contributed by atoms with Crippen molar-refractivity contribution in [2.45, 2.75) is 0 Å². The summed E-state index contributed by atoms with van der Waals surface area (Å²) >= 11 is 0. The minimum atomic E-state index is 0.236. The molecule has 0 aromatic carbocycles. The second kappa shape index (κ2) is 1.16. The summed E-state index contributed by atoms with van der Waals surface area (Å²) in [6.07, 6.45) is 3.68. The largest absolute Gasteiger partial charge is 0.370 e. The molecule has 0 amide bonds. The smallest absolute Gasteiger partial charge is 0.119 e. The van der Waals surface area contributed by atoms with Crippen LogP contribution in [0.3, 0.4) is 0 Å². The number of halogens is 1. The molecule has 1 aliphatic rings. The van der Waals surface area contributed by atoms with Crippen LogP contribution < -0.4 is 5.32 Å². The van der Waals surface area contributed by atoms with Crippen LogP contribution in [0.25, 0.3) is 0 Å². The molecule has 6 heavy (non-hydrogen) atoms. The second-order valence-corrected chi connectivity index (χ2v) is 0.998. The summed E-state index contributed by atoms with van der Waals surface area (Å²) in [6, 6.07) is 0. The van der Waals surface area contributed by atoms with Crippen LogP contribution in [-0.2, 0) is 0 Å². The van der Waals surface area contributed by atoms with Crippen LogP contribution in [0.1, 0.15) is 0 Å². The molecule has 1 heterocycles. The highest BCUT2D eigenvalue weighted by Gasteiger charge is 1.97. The third kappa shape index (κ3) is 0.429. The number of rotatable bonds is 0. The fourth-order valence-electron chi connectivity index (χ4n) is 0.287. The van der Waals surface area contributed by atoms with E-state index in [9.17, 15) is 4.48 Å². The molecule has 0 saturated heterocycles. The van der Waals surface area contributed by atoms with Gasteiger partial charge >= 0.3 is 0 Å². The van der Waals surface area contributed by atoms with E-state index in [1.165, 1.54) is 6.20 Å². The van der Waals surface area contributed by atoms with E-state index in [-0.39, 0.29) is 6.67 Å². The molecule has 0 unspecified atom stereocenters. The second-order valence-electron chi connectivity index (χ2n) is 0.998. The average Bonchev–Trinajstić information content (AvgIpc) is 1.86. The zero-order valence-electron chi connectivity index (χ0n) is 3.11. The average molecular weight is 87.1 g/mol. The maximum absolute atomic E-state index is 11.6. The van der Waals surface area contributed by atoms with Crippen molar-refractivity contribution in [3.05, 3.63) is 12.4 Å². The summed E-state index contributed by atoms with van der Waals surface area (Å²) in [4.78, 5) is 0. The van der Waals surface area contributed by atoms with Gasteiger partial charge in [-0.05, 0) is 0 Å². The number of hydrogen-bond donors (Lipinski definition) is 1. The molecular weight excluding hydrogens is 83.0 g/mol. The van der Waals surface area contributed by atoms with Gasteiger partial charge in [-0.25, -0.2) is 0 Å². The van der Waals surface area contributed by atoms with E-state index >= 15 is 0 Å². The quantitative estimate of drug-likeness (QED) is 0.418. The van der Waals surface area contributed by atoms with Gasteiger partial charge in [-0.3, -0.25) is 0 Å². The van der Waals surface area contributed by atoms with Gasteiger partial charge in [-0.2, -0.15) is 5.12 Å². The first-order valence-electron chi connectivity index (χ1n) is 1.64. The first-order chi connectivity index (χ1) is 2.89. The van der Waals surface area contributed by atoms with E-state index in [4.69, 9.17) is 0 Å².